The minimum absolute atomic E-state index is 0.00478. The maximum absolute atomic E-state index is 12.3. The molecule has 0 bridgehead atoms. The topological polar surface area (TPSA) is 211 Å². The highest BCUT2D eigenvalue weighted by Crippen LogP contribution is 2.14. The van der Waals surface area contributed by atoms with E-state index in [2.05, 4.69) is 10.6 Å². The molecule has 0 unspecified atom stereocenters. The van der Waals surface area contributed by atoms with Crippen molar-refractivity contribution >= 4 is 41.2 Å². The predicted octanol–water partition coefficient (Wildman–Crippen LogP) is -2.21. The molecule has 33 heavy (non-hydrogen) atoms. The monoisotopic (exact) mass is 484 g/mol. The summed E-state index contributed by atoms with van der Waals surface area (Å²) in [5.74, 6) is -3.14. The number of nitrogens with one attached hydrogen (secondary N) is 2. The smallest absolute Gasteiger partial charge is 0.341 e. The van der Waals surface area contributed by atoms with Crippen LogP contribution in [-0.2, 0) is 30.4 Å². The Hall–Kier alpha value is -3.16. The molecule has 1 aromatic rings. The first-order valence-electron chi connectivity index (χ1n) is 9.80. The third-order valence-corrected chi connectivity index (χ3v) is 5.30. The van der Waals surface area contributed by atoms with E-state index in [-0.39, 0.29) is 23.7 Å². The molecular formula is C20H28N4O8S. The average molecular weight is 485 g/mol. The van der Waals surface area contributed by atoms with E-state index in [0.29, 0.717) is 5.75 Å². The largest absolute Gasteiger partial charge is 0.482 e. The number of nitrogens with two attached hydrogens (primary N) is 2. The van der Waals surface area contributed by atoms with Crippen LogP contribution in [0.25, 0.3) is 0 Å². The fourth-order valence-electron chi connectivity index (χ4n) is 2.46. The van der Waals surface area contributed by atoms with Gasteiger partial charge in [-0.25, -0.2) is 4.79 Å². The zero-order chi connectivity index (χ0) is 25.0. The molecule has 3 atom stereocenters. The second-order valence-electron chi connectivity index (χ2n) is 7.03. The Morgan fingerprint density at radius 1 is 1.09 bits per heavy atom. The van der Waals surface area contributed by atoms with Crippen molar-refractivity contribution in [2.75, 3.05) is 24.7 Å². The van der Waals surface area contributed by atoms with Crippen molar-refractivity contribution in [1.29, 1.82) is 0 Å². The van der Waals surface area contributed by atoms with Crippen molar-refractivity contribution in [2.45, 2.75) is 31.5 Å². The number of benzene rings is 1. The lowest BCUT2D eigenvalue weighted by atomic mass is 10.0. The van der Waals surface area contributed by atoms with Crippen molar-refractivity contribution < 1.29 is 38.9 Å². The van der Waals surface area contributed by atoms with Crippen LogP contribution in [0.4, 0.5) is 0 Å². The number of aliphatic hydroxyl groups is 1. The fourth-order valence-corrected chi connectivity index (χ4v) is 3.33. The third kappa shape index (κ3) is 10.8. The van der Waals surface area contributed by atoms with Gasteiger partial charge in [0.25, 0.3) is 0 Å². The number of carboxylic acids is 1. The lowest BCUT2D eigenvalue weighted by Crippen LogP contribution is -2.52. The molecule has 12 nitrogen and oxygen atoms in total. The van der Waals surface area contributed by atoms with Crippen LogP contribution in [0, 0.1) is 0 Å². The fraction of sp³-hybridized carbons (Fsp3) is 0.450. The molecule has 8 N–H and O–H groups in total. The van der Waals surface area contributed by atoms with E-state index in [1.165, 1.54) is 6.92 Å². The molecule has 1 rings (SSSR count). The van der Waals surface area contributed by atoms with Gasteiger partial charge in [-0.2, -0.15) is 0 Å². The highest BCUT2D eigenvalue weighted by molar-refractivity contribution is 8.00. The number of Topliss-reactive ketones (excluding diaryl/α,β-unsaturated/α-hetero) is 1. The molecule has 0 aliphatic carbocycles. The van der Waals surface area contributed by atoms with Gasteiger partial charge in [0.05, 0.1) is 18.4 Å². The Morgan fingerprint density at radius 3 is 2.24 bits per heavy atom. The van der Waals surface area contributed by atoms with Crippen molar-refractivity contribution in [2.24, 2.45) is 11.5 Å². The zero-order valence-electron chi connectivity index (χ0n) is 18.0. The number of carboxylic acid groups (broad SMARTS) is 1. The number of amides is 3. The van der Waals surface area contributed by atoms with Crippen molar-refractivity contribution in [3.8, 4) is 5.75 Å². The van der Waals surface area contributed by atoms with Crippen molar-refractivity contribution in [3.63, 3.8) is 0 Å². The van der Waals surface area contributed by atoms with E-state index in [1.54, 1.807) is 24.3 Å². The van der Waals surface area contributed by atoms with Gasteiger partial charge in [-0.05, 0) is 31.0 Å². The molecule has 0 heterocycles. The van der Waals surface area contributed by atoms with E-state index >= 15 is 0 Å². The number of primary amides is 1. The highest BCUT2D eigenvalue weighted by Gasteiger charge is 2.23. The lowest BCUT2D eigenvalue weighted by molar-refractivity contribution is -0.139. The summed E-state index contributed by atoms with van der Waals surface area (Å²) in [5.41, 5.74) is 11.3. The number of thioether (sulfide) groups is 1. The van der Waals surface area contributed by atoms with Crippen LogP contribution < -0.4 is 26.8 Å². The molecule has 0 spiro atoms. The van der Waals surface area contributed by atoms with Gasteiger partial charge in [-0.3, -0.25) is 19.2 Å². The van der Waals surface area contributed by atoms with Gasteiger partial charge in [0.1, 0.15) is 17.8 Å². The van der Waals surface area contributed by atoms with Crippen LogP contribution in [-0.4, -0.2) is 82.5 Å². The first-order valence-corrected chi connectivity index (χ1v) is 11.0. The van der Waals surface area contributed by atoms with E-state index < -0.39 is 55.0 Å². The quantitative estimate of drug-likeness (QED) is 0.158. The summed E-state index contributed by atoms with van der Waals surface area (Å²) in [7, 11) is 0. The van der Waals surface area contributed by atoms with Crippen LogP contribution in [0.15, 0.2) is 24.3 Å². The number of ketones is 1. The molecule has 0 aromatic heterocycles. The Kier molecular flexibility index (Phi) is 11.9. The van der Waals surface area contributed by atoms with Gasteiger partial charge in [-0.15, -0.1) is 11.8 Å². The Morgan fingerprint density at radius 2 is 1.73 bits per heavy atom. The maximum Gasteiger partial charge on any atom is 0.341 e. The SMILES string of the molecule is CC(=O)[C@H](Cc1ccc(OCC(=O)O)cc1)NC(=O)CSC[C@H](NC(=O)[C@@H](N)CO)C(N)=O. The second-order valence-corrected chi connectivity index (χ2v) is 8.06. The van der Waals surface area contributed by atoms with Crippen molar-refractivity contribution in [1.82, 2.24) is 10.6 Å². The summed E-state index contributed by atoms with van der Waals surface area (Å²) in [6, 6.07) is 3.37. The van der Waals surface area contributed by atoms with Crippen LogP contribution in [0.5, 0.6) is 5.75 Å². The van der Waals surface area contributed by atoms with E-state index in [1.807, 2.05) is 0 Å². The number of aliphatic carboxylic acids is 1. The molecular weight excluding hydrogens is 456 g/mol. The molecule has 3 amide bonds. The van der Waals surface area contributed by atoms with Crippen LogP contribution in [0.2, 0.25) is 0 Å². The molecule has 182 valence electrons. The van der Waals surface area contributed by atoms with Crippen LogP contribution in [0.1, 0.15) is 12.5 Å². The number of carbonyl (C=O) groups is 5. The number of hydrogen-bond acceptors (Lipinski definition) is 9. The molecule has 0 radical (unpaired) electrons. The molecule has 0 fully saturated rings. The van der Waals surface area contributed by atoms with Gasteiger partial charge in [-0.1, -0.05) is 12.1 Å². The number of carbonyl (C=O) groups excluding carboxylic acids is 4. The van der Waals surface area contributed by atoms with Crippen molar-refractivity contribution in [3.05, 3.63) is 29.8 Å². The number of rotatable bonds is 15. The minimum atomic E-state index is -1.20. The molecule has 1 aromatic carbocycles. The first kappa shape index (κ1) is 27.9. The first-order chi connectivity index (χ1) is 15.5. The van der Waals surface area contributed by atoms with E-state index in [0.717, 1.165) is 17.3 Å². The summed E-state index contributed by atoms with van der Waals surface area (Å²) in [4.78, 5) is 58.0. The van der Waals surface area contributed by atoms with Crippen LogP contribution >= 0.6 is 11.8 Å². The molecule has 0 saturated carbocycles. The number of aliphatic hydroxyl groups excluding tert-OH is 1. The van der Waals surface area contributed by atoms with Crippen LogP contribution in [0.3, 0.4) is 0 Å². The average Bonchev–Trinajstić information content (AvgIpc) is 2.76. The van der Waals surface area contributed by atoms with Gasteiger partial charge in [0.15, 0.2) is 12.4 Å². The summed E-state index contributed by atoms with van der Waals surface area (Å²) < 4.78 is 5.05. The minimum Gasteiger partial charge on any atom is -0.482 e. The predicted molar refractivity (Wildman–Crippen MR) is 119 cm³/mol. The summed E-state index contributed by atoms with van der Waals surface area (Å²) in [5, 5.41) is 22.4. The number of ether oxygens (including phenoxy) is 1. The third-order valence-electron chi connectivity index (χ3n) is 4.26. The second kappa shape index (κ2) is 14.1. The highest BCUT2D eigenvalue weighted by atomic mass is 32.2. The zero-order valence-corrected chi connectivity index (χ0v) is 18.8. The summed E-state index contributed by atoms with van der Waals surface area (Å²) in [6.45, 7) is 0.264. The maximum atomic E-state index is 12.3. The van der Waals surface area contributed by atoms with E-state index in [4.69, 9.17) is 26.4 Å². The standard InChI is InChI=1S/C20H28N4O8S/c1-11(26)15(6-12-2-4-13(5-3-12)32-8-18(28)29)23-17(27)10-33-9-16(19(22)30)24-20(31)14(21)7-25/h2-5,14-16,25H,6-10,21H2,1H3,(H2,22,30)(H,23,27)(H,24,31)(H,28,29)/t14-,15-,16-/m0/s1. The lowest BCUT2D eigenvalue weighted by Gasteiger charge is -2.18. The summed E-state index contributed by atoms with van der Waals surface area (Å²) in [6.07, 6.45) is 0.212. The molecule has 13 heteroatoms. The Bertz CT molecular complexity index is 849. The summed E-state index contributed by atoms with van der Waals surface area (Å²) >= 11 is 1.02. The van der Waals surface area contributed by atoms with Gasteiger partial charge < -0.3 is 37.1 Å². The Balaban J connectivity index is 2.57. The number of hydrogen-bond donors (Lipinski definition) is 6. The van der Waals surface area contributed by atoms with Gasteiger partial charge in [0.2, 0.25) is 17.7 Å². The molecule has 0 aliphatic heterocycles. The molecule has 0 saturated heterocycles. The Labute approximate surface area is 194 Å². The van der Waals surface area contributed by atoms with Gasteiger partial charge >= 0.3 is 5.97 Å². The van der Waals surface area contributed by atoms with E-state index in [9.17, 15) is 24.0 Å². The molecule has 0 aliphatic rings. The normalized spacial score (nSPS) is 13.3. The van der Waals surface area contributed by atoms with Gasteiger partial charge in [0, 0.05) is 5.75 Å².